The summed E-state index contributed by atoms with van der Waals surface area (Å²) in [5.74, 6) is 0.949. The van der Waals surface area contributed by atoms with Gasteiger partial charge >= 0.3 is 0 Å². The Bertz CT molecular complexity index is 228. The Morgan fingerprint density at radius 3 is 2.55 bits per heavy atom. The van der Waals surface area contributed by atoms with Gasteiger partial charge in [0.25, 0.3) is 0 Å². The van der Waals surface area contributed by atoms with E-state index in [1.165, 1.54) is 12.0 Å². The lowest BCUT2D eigenvalue weighted by molar-refractivity contribution is -0.314. The highest BCUT2D eigenvalue weighted by atomic mass is 32.2. The van der Waals surface area contributed by atoms with Gasteiger partial charge in [0, 0.05) is 45.1 Å². The number of hydrogen-bond donors (Lipinski definition) is 0. The van der Waals surface area contributed by atoms with E-state index in [-0.39, 0.29) is 6.10 Å². The van der Waals surface area contributed by atoms with E-state index in [0.29, 0.717) is 6.61 Å². The molecule has 0 amide bonds. The fraction of sp³-hybridized carbons (Fsp3) is 1.00. The number of ether oxygens (including phenoxy) is 1. The van der Waals surface area contributed by atoms with E-state index in [4.69, 9.17) is 18.7 Å². The summed E-state index contributed by atoms with van der Waals surface area (Å²) >= 11 is 1.46. The molecule has 120 valence electrons. The monoisotopic (exact) mass is 308 g/mol. The molecule has 20 heavy (non-hydrogen) atoms. The fourth-order valence-electron chi connectivity index (χ4n) is 2.08. The van der Waals surface area contributed by atoms with Gasteiger partial charge in [-0.15, -0.1) is 0 Å². The van der Waals surface area contributed by atoms with Crippen LogP contribution in [-0.2, 0) is 18.7 Å². The van der Waals surface area contributed by atoms with Crippen LogP contribution in [0.15, 0.2) is 0 Å². The van der Waals surface area contributed by atoms with Crippen LogP contribution in [0.3, 0.4) is 0 Å². The average Bonchev–Trinajstić information content (AvgIpc) is 2.45. The first-order chi connectivity index (χ1) is 9.76. The Morgan fingerprint density at radius 2 is 1.90 bits per heavy atom. The number of hydrogen-bond acceptors (Lipinski definition) is 7. The number of likely N-dealkylation sites (N-methyl/N-ethyl adjacent to an activating group) is 1. The normalized spacial score (nSPS) is 19.4. The standard InChI is InChI=1S/C13H28N2O4S/c1-14-5-7-15(8-6-14)11-13(19-16-2)12-18-9-4-10-20-17-3/h13H,4-12H2,1-3H3. The lowest BCUT2D eigenvalue weighted by Gasteiger charge is -2.34. The molecule has 0 radical (unpaired) electrons. The molecule has 1 fully saturated rings. The summed E-state index contributed by atoms with van der Waals surface area (Å²) < 4.78 is 10.6. The summed E-state index contributed by atoms with van der Waals surface area (Å²) in [6, 6.07) is 0. The minimum absolute atomic E-state index is 0.0292. The van der Waals surface area contributed by atoms with Gasteiger partial charge in [-0.1, -0.05) is 0 Å². The Balaban J connectivity index is 2.12. The molecule has 1 rings (SSSR count). The van der Waals surface area contributed by atoms with Crippen molar-refractivity contribution in [1.29, 1.82) is 0 Å². The van der Waals surface area contributed by atoms with E-state index >= 15 is 0 Å². The Kier molecular flexibility index (Phi) is 10.7. The molecular weight excluding hydrogens is 280 g/mol. The summed E-state index contributed by atoms with van der Waals surface area (Å²) in [4.78, 5) is 14.8. The van der Waals surface area contributed by atoms with Gasteiger partial charge in [0.05, 0.1) is 20.8 Å². The quantitative estimate of drug-likeness (QED) is 0.243. The van der Waals surface area contributed by atoms with Crippen molar-refractivity contribution < 1.29 is 18.7 Å². The van der Waals surface area contributed by atoms with Gasteiger partial charge in [0.1, 0.15) is 6.10 Å². The van der Waals surface area contributed by atoms with E-state index in [1.54, 1.807) is 14.2 Å². The van der Waals surface area contributed by atoms with Crippen LogP contribution in [0.25, 0.3) is 0 Å². The predicted octanol–water partition coefficient (Wildman–Crippen LogP) is 0.882. The van der Waals surface area contributed by atoms with Crippen molar-refractivity contribution in [3.8, 4) is 0 Å². The van der Waals surface area contributed by atoms with Crippen LogP contribution in [0, 0.1) is 0 Å². The van der Waals surface area contributed by atoms with Crippen LogP contribution in [0.5, 0.6) is 0 Å². The van der Waals surface area contributed by atoms with Crippen molar-refractivity contribution in [2.24, 2.45) is 0 Å². The largest absolute Gasteiger partial charge is 0.379 e. The third kappa shape index (κ3) is 8.41. The topological polar surface area (TPSA) is 43.4 Å². The van der Waals surface area contributed by atoms with Crippen LogP contribution in [0.1, 0.15) is 6.42 Å². The van der Waals surface area contributed by atoms with Crippen LogP contribution in [0.4, 0.5) is 0 Å². The molecule has 1 atom stereocenters. The number of piperazine rings is 1. The van der Waals surface area contributed by atoms with Gasteiger partial charge in [-0.05, 0) is 25.5 Å². The van der Waals surface area contributed by atoms with E-state index in [1.807, 2.05) is 0 Å². The summed E-state index contributed by atoms with van der Waals surface area (Å²) in [6.45, 7) is 6.51. The number of nitrogens with zero attached hydrogens (tertiary/aromatic N) is 2. The van der Waals surface area contributed by atoms with Crippen molar-refractivity contribution in [3.05, 3.63) is 0 Å². The van der Waals surface area contributed by atoms with E-state index < -0.39 is 0 Å². The van der Waals surface area contributed by atoms with Gasteiger partial charge in [-0.2, -0.15) is 0 Å². The van der Waals surface area contributed by atoms with Gasteiger partial charge in [-0.3, -0.25) is 4.90 Å². The van der Waals surface area contributed by atoms with Crippen molar-refractivity contribution in [2.45, 2.75) is 12.5 Å². The highest BCUT2D eigenvalue weighted by Crippen LogP contribution is 2.05. The zero-order valence-electron chi connectivity index (χ0n) is 12.9. The van der Waals surface area contributed by atoms with Gasteiger partial charge in [0.15, 0.2) is 0 Å². The Morgan fingerprint density at radius 1 is 1.15 bits per heavy atom. The molecule has 1 saturated heterocycles. The second-order valence-electron chi connectivity index (χ2n) is 4.91. The van der Waals surface area contributed by atoms with Crippen LogP contribution in [-0.4, -0.2) is 88.9 Å². The third-order valence-electron chi connectivity index (χ3n) is 3.23. The second kappa shape index (κ2) is 11.7. The third-order valence-corrected chi connectivity index (χ3v) is 3.92. The summed E-state index contributed by atoms with van der Waals surface area (Å²) in [5, 5.41) is 0. The fourth-order valence-corrected chi connectivity index (χ4v) is 2.49. The molecule has 1 aliphatic heterocycles. The van der Waals surface area contributed by atoms with E-state index in [2.05, 4.69) is 16.8 Å². The molecule has 1 aliphatic rings. The van der Waals surface area contributed by atoms with Gasteiger partial charge in [0.2, 0.25) is 0 Å². The molecule has 7 heteroatoms. The summed E-state index contributed by atoms with van der Waals surface area (Å²) in [6.07, 6.45) is 0.950. The lowest BCUT2D eigenvalue weighted by Crippen LogP contribution is -2.48. The smallest absolute Gasteiger partial charge is 0.129 e. The maximum Gasteiger partial charge on any atom is 0.129 e. The highest BCUT2D eigenvalue weighted by Gasteiger charge is 2.19. The molecule has 0 spiro atoms. The van der Waals surface area contributed by atoms with Gasteiger partial charge < -0.3 is 13.8 Å². The SMILES string of the molecule is COOC(COCCCSOC)CN1CCN(C)CC1. The first-order valence-corrected chi connectivity index (χ1v) is 8.01. The maximum absolute atomic E-state index is 5.65. The zero-order chi connectivity index (χ0) is 14.6. The molecule has 0 N–H and O–H groups in total. The van der Waals surface area contributed by atoms with Gasteiger partial charge in [-0.25, -0.2) is 9.78 Å². The maximum atomic E-state index is 5.65. The minimum atomic E-state index is -0.0292. The van der Waals surface area contributed by atoms with Crippen molar-refractivity contribution in [1.82, 2.24) is 9.80 Å². The van der Waals surface area contributed by atoms with Crippen molar-refractivity contribution in [2.75, 3.05) is 73.0 Å². The summed E-state index contributed by atoms with van der Waals surface area (Å²) in [5.41, 5.74) is 0. The highest BCUT2D eigenvalue weighted by molar-refractivity contribution is 7.94. The van der Waals surface area contributed by atoms with Crippen molar-refractivity contribution in [3.63, 3.8) is 0 Å². The molecule has 1 heterocycles. The van der Waals surface area contributed by atoms with Crippen LogP contribution < -0.4 is 0 Å². The lowest BCUT2D eigenvalue weighted by atomic mass is 10.3. The second-order valence-corrected chi connectivity index (χ2v) is 5.88. The minimum Gasteiger partial charge on any atom is -0.379 e. The molecule has 0 saturated carbocycles. The average molecular weight is 308 g/mol. The summed E-state index contributed by atoms with van der Waals surface area (Å²) in [7, 11) is 5.39. The predicted molar refractivity (Wildman–Crippen MR) is 80.7 cm³/mol. The molecule has 0 bridgehead atoms. The first kappa shape index (κ1) is 18.2. The first-order valence-electron chi connectivity index (χ1n) is 7.10. The zero-order valence-corrected chi connectivity index (χ0v) is 13.7. The molecule has 0 aromatic carbocycles. The molecule has 0 aromatic rings. The van der Waals surface area contributed by atoms with Crippen LogP contribution in [0.2, 0.25) is 0 Å². The molecule has 6 nitrogen and oxygen atoms in total. The molecule has 0 aromatic heterocycles. The Hall–Kier alpha value is 0.110. The molecule has 1 unspecified atom stereocenters. The number of rotatable bonds is 11. The van der Waals surface area contributed by atoms with E-state index in [0.717, 1.165) is 51.5 Å². The molecular formula is C13H28N2O4S. The van der Waals surface area contributed by atoms with Crippen LogP contribution >= 0.6 is 12.0 Å². The molecule has 0 aliphatic carbocycles. The van der Waals surface area contributed by atoms with Crippen molar-refractivity contribution >= 4 is 12.0 Å². The Labute approximate surface area is 126 Å². The van der Waals surface area contributed by atoms with E-state index in [9.17, 15) is 0 Å².